The number of halogens is 1. The van der Waals surface area contributed by atoms with E-state index in [0.717, 1.165) is 22.5 Å². The number of aromatic amines is 1. The Hall–Kier alpha value is -2.59. The second-order valence-corrected chi connectivity index (χ2v) is 6.89. The highest BCUT2D eigenvalue weighted by molar-refractivity contribution is 6.31. The number of nitrogens with one attached hydrogen (secondary N) is 1. The van der Waals surface area contributed by atoms with Crippen LogP contribution in [0.4, 0.5) is 0 Å². The van der Waals surface area contributed by atoms with Gasteiger partial charge in [0.15, 0.2) is 0 Å². The van der Waals surface area contributed by atoms with Gasteiger partial charge in [0.1, 0.15) is 0 Å². The Morgan fingerprint density at radius 2 is 1.85 bits per heavy atom. The minimum atomic E-state index is -0.0826. The largest absolute Gasteiger partial charge is 0.340 e. The molecule has 1 atom stereocenters. The summed E-state index contributed by atoms with van der Waals surface area (Å²) in [5, 5.41) is 7.80. The minimum absolute atomic E-state index is 0.0550. The van der Waals surface area contributed by atoms with E-state index in [1.807, 2.05) is 67.6 Å². The van der Waals surface area contributed by atoms with Crippen molar-refractivity contribution in [3.05, 3.63) is 88.2 Å². The molecule has 0 radical (unpaired) electrons. The molecule has 0 bridgehead atoms. The van der Waals surface area contributed by atoms with Gasteiger partial charge in [-0.25, -0.2) is 0 Å². The van der Waals surface area contributed by atoms with Crippen molar-refractivity contribution in [2.75, 3.05) is 7.05 Å². The molecule has 0 aliphatic carbocycles. The lowest BCUT2D eigenvalue weighted by atomic mass is 9.88. The number of aryl methyl sites for hydroxylation is 1. The second kappa shape index (κ2) is 8.19. The molecular formula is C21H22ClN3O. The summed E-state index contributed by atoms with van der Waals surface area (Å²) in [7, 11) is 1.81. The number of H-pyrrole nitrogens is 1. The first kappa shape index (κ1) is 18.2. The number of benzene rings is 2. The Bertz CT molecular complexity index is 876. The van der Waals surface area contributed by atoms with E-state index in [1.165, 1.54) is 0 Å². The summed E-state index contributed by atoms with van der Waals surface area (Å²) in [4.78, 5) is 14.6. The first-order chi connectivity index (χ1) is 12.5. The quantitative estimate of drug-likeness (QED) is 0.694. The maximum atomic E-state index is 12.9. The molecule has 26 heavy (non-hydrogen) atoms. The Morgan fingerprint density at radius 3 is 2.50 bits per heavy atom. The van der Waals surface area contributed by atoms with E-state index in [0.29, 0.717) is 18.0 Å². The van der Waals surface area contributed by atoms with Crippen molar-refractivity contribution in [3.8, 4) is 0 Å². The van der Waals surface area contributed by atoms with Gasteiger partial charge in [0, 0.05) is 30.1 Å². The molecule has 2 aromatic carbocycles. The van der Waals surface area contributed by atoms with E-state index in [1.54, 1.807) is 11.9 Å². The average Bonchev–Trinajstić information content (AvgIpc) is 3.05. The molecule has 4 nitrogen and oxygen atoms in total. The van der Waals surface area contributed by atoms with Crippen LogP contribution in [0.2, 0.25) is 5.02 Å². The fraction of sp³-hybridized carbons (Fsp3) is 0.238. The van der Waals surface area contributed by atoms with E-state index in [-0.39, 0.29) is 11.8 Å². The summed E-state index contributed by atoms with van der Waals surface area (Å²) in [6.45, 7) is 2.42. The van der Waals surface area contributed by atoms with Gasteiger partial charge in [-0.1, -0.05) is 60.1 Å². The van der Waals surface area contributed by atoms with Crippen molar-refractivity contribution >= 4 is 17.5 Å². The first-order valence-electron chi connectivity index (χ1n) is 8.59. The van der Waals surface area contributed by atoms with Gasteiger partial charge >= 0.3 is 0 Å². The van der Waals surface area contributed by atoms with Gasteiger partial charge in [0.2, 0.25) is 5.91 Å². The fourth-order valence-corrected chi connectivity index (χ4v) is 3.33. The van der Waals surface area contributed by atoms with E-state index in [4.69, 9.17) is 11.6 Å². The Kier molecular flexibility index (Phi) is 5.74. The Morgan fingerprint density at radius 1 is 1.15 bits per heavy atom. The normalized spacial score (nSPS) is 12.0. The van der Waals surface area contributed by atoms with Crippen LogP contribution in [0.15, 0.2) is 60.7 Å². The predicted molar refractivity (Wildman–Crippen MR) is 104 cm³/mol. The highest BCUT2D eigenvalue weighted by atomic mass is 35.5. The predicted octanol–water partition coefficient (Wildman–Crippen LogP) is 4.55. The number of hydrogen-bond acceptors (Lipinski definition) is 2. The zero-order valence-electron chi connectivity index (χ0n) is 14.9. The summed E-state index contributed by atoms with van der Waals surface area (Å²) < 4.78 is 0. The molecule has 1 heterocycles. The molecule has 1 amide bonds. The van der Waals surface area contributed by atoms with E-state index in [2.05, 4.69) is 10.2 Å². The Balaban J connectivity index is 1.81. The van der Waals surface area contributed by atoms with Gasteiger partial charge in [-0.2, -0.15) is 5.10 Å². The van der Waals surface area contributed by atoms with Crippen molar-refractivity contribution in [2.24, 2.45) is 0 Å². The highest BCUT2D eigenvalue weighted by Gasteiger charge is 2.22. The molecule has 5 heteroatoms. The van der Waals surface area contributed by atoms with Crippen LogP contribution in [0.5, 0.6) is 0 Å². The number of carbonyl (C=O) groups excluding carboxylic acids is 1. The van der Waals surface area contributed by atoms with Crippen LogP contribution in [0.3, 0.4) is 0 Å². The molecular weight excluding hydrogens is 346 g/mol. The van der Waals surface area contributed by atoms with Crippen LogP contribution in [0.25, 0.3) is 0 Å². The van der Waals surface area contributed by atoms with Crippen LogP contribution in [-0.2, 0) is 11.3 Å². The summed E-state index contributed by atoms with van der Waals surface area (Å²) in [6, 6.07) is 19.7. The standard InChI is InChI=1S/C21H22ClN3O/c1-15-12-17(24-23-15)14-25(2)21(26)13-19(16-8-4-3-5-9-16)18-10-6-7-11-20(18)22/h3-12,19H,13-14H2,1-2H3,(H,23,24)/t19-/m0/s1. The summed E-state index contributed by atoms with van der Waals surface area (Å²) in [5.41, 5.74) is 3.89. The first-order valence-corrected chi connectivity index (χ1v) is 8.96. The third kappa shape index (κ3) is 4.33. The van der Waals surface area contributed by atoms with Crippen LogP contribution in [-0.4, -0.2) is 28.1 Å². The lowest BCUT2D eigenvalue weighted by molar-refractivity contribution is -0.130. The molecule has 0 saturated carbocycles. The van der Waals surface area contributed by atoms with Crippen LogP contribution < -0.4 is 0 Å². The summed E-state index contributed by atoms with van der Waals surface area (Å²) in [5.74, 6) is -0.0276. The highest BCUT2D eigenvalue weighted by Crippen LogP contribution is 2.33. The maximum Gasteiger partial charge on any atom is 0.223 e. The van der Waals surface area contributed by atoms with Crippen LogP contribution >= 0.6 is 11.6 Å². The molecule has 3 aromatic rings. The van der Waals surface area contributed by atoms with E-state index >= 15 is 0 Å². The molecule has 3 rings (SSSR count). The van der Waals surface area contributed by atoms with Gasteiger partial charge in [0.25, 0.3) is 0 Å². The Labute approximate surface area is 158 Å². The fourth-order valence-electron chi connectivity index (χ4n) is 3.07. The van der Waals surface area contributed by atoms with Gasteiger partial charge in [-0.05, 0) is 30.2 Å². The SMILES string of the molecule is Cc1cc(CN(C)C(=O)C[C@@H](c2ccccc2)c2ccccc2Cl)n[nH]1. The molecule has 0 saturated heterocycles. The number of carbonyl (C=O) groups is 1. The minimum Gasteiger partial charge on any atom is -0.340 e. The van der Waals surface area contributed by atoms with Crippen molar-refractivity contribution in [2.45, 2.75) is 25.8 Å². The molecule has 0 spiro atoms. The third-order valence-electron chi connectivity index (χ3n) is 4.45. The topological polar surface area (TPSA) is 49.0 Å². The van der Waals surface area contributed by atoms with Crippen molar-refractivity contribution in [1.82, 2.24) is 15.1 Å². The molecule has 0 aliphatic rings. The van der Waals surface area contributed by atoms with Crippen LogP contribution in [0.1, 0.15) is 34.9 Å². The zero-order chi connectivity index (χ0) is 18.5. The molecule has 1 N–H and O–H groups in total. The number of rotatable bonds is 6. The van der Waals surface area contributed by atoms with Gasteiger partial charge in [0.05, 0.1) is 12.2 Å². The third-order valence-corrected chi connectivity index (χ3v) is 4.79. The van der Waals surface area contributed by atoms with Gasteiger partial charge < -0.3 is 4.90 Å². The van der Waals surface area contributed by atoms with Crippen molar-refractivity contribution < 1.29 is 4.79 Å². The van der Waals surface area contributed by atoms with Gasteiger partial charge in [-0.3, -0.25) is 9.89 Å². The number of amides is 1. The number of nitrogens with zero attached hydrogens (tertiary/aromatic N) is 2. The number of hydrogen-bond donors (Lipinski definition) is 1. The molecule has 134 valence electrons. The van der Waals surface area contributed by atoms with E-state index < -0.39 is 0 Å². The molecule has 1 aromatic heterocycles. The van der Waals surface area contributed by atoms with Gasteiger partial charge in [-0.15, -0.1) is 0 Å². The lowest BCUT2D eigenvalue weighted by Gasteiger charge is -2.22. The average molecular weight is 368 g/mol. The van der Waals surface area contributed by atoms with Crippen molar-refractivity contribution in [3.63, 3.8) is 0 Å². The summed E-state index contributed by atoms with van der Waals surface area (Å²) >= 11 is 6.43. The smallest absolute Gasteiger partial charge is 0.223 e. The van der Waals surface area contributed by atoms with Crippen molar-refractivity contribution in [1.29, 1.82) is 0 Å². The van der Waals surface area contributed by atoms with E-state index in [9.17, 15) is 4.79 Å². The molecule has 0 aliphatic heterocycles. The molecule has 0 fully saturated rings. The second-order valence-electron chi connectivity index (χ2n) is 6.48. The zero-order valence-corrected chi connectivity index (χ0v) is 15.7. The maximum absolute atomic E-state index is 12.9. The molecule has 0 unspecified atom stereocenters. The number of aromatic nitrogens is 2. The summed E-state index contributed by atoms with van der Waals surface area (Å²) in [6.07, 6.45) is 0.355. The monoisotopic (exact) mass is 367 g/mol. The van der Waals surface area contributed by atoms with Crippen LogP contribution in [0, 0.1) is 6.92 Å². The lowest BCUT2D eigenvalue weighted by Crippen LogP contribution is -2.28.